The summed E-state index contributed by atoms with van der Waals surface area (Å²) in [7, 11) is 0. The van der Waals surface area contributed by atoms with E-state index in [0.717, 1.165) is 5.02 Å². The maximum absolute atomic E-state index is 6.07. The second-order valence-corrected chi connectivity index (χ2v) is 6.58. The van der Waals surface area contributed by atoms with Crippen LogP contribution in [-0.2, 0) is 5.54 Å². The summed E-state index contributed by atoms with van der Waals surface area (Å²) >= 11 is 6.07. The lowest BCUT2D eigenvalue weighted by atomic mass is 9.74. The summed E-state index contributed by atoms with van der Waals surface area (Å²) in [5.41, 5.74) is 1.81. The molecular formula is C17H24ClN. The summed E-state index contributed by atoms with van der Waals surface area (Å²) in [6.45, 7) is 2.56. The van der Waals surface area contributed by atoms with Crippen LogP contribution in [-0.4, -0.2) is 18.0 Å². The molecule has 1 aromatic carbocycles. The van der Waals surface area contributed by atoms with Crippen LogP contribution in [0.25, 0.3) is 0 Å². The van der Waals surface area contributed by atoms with Crippen LogP contribution >= 0.6 is 11.6 Å². The van der Waals surface area contributed by atoms with Gasteiger partial charge < -0.3 is 0 Å². The molecule has 2 fully saturated rings. The maximum Gasteiger partial charge on any atom is 0.0460 e. The highest BCUT2D eigenvalue weighted by Gasteiger charge is 2.39. The highest BCUT2D eigenvalue weighted by atomic mass is 35.5. The van der Waals surface area contributed by atoms with Crippen LogP contribution in [0.15, 0.2) is 24.3 Å². The summed E-state index contributed by atoms with van der Waals surface area (Å²) in [5.74, 6) is 0. The molecule has 1 saturated heterocycles. The minimum atomic E-state index is 0.309. The number of hydrogen-bond donors (Lipinski definition) is 0. The van der Waals surface area contributed by atoms with Crippen molar-refractivity contribution >= 4 is 11.6 Å². The number of rotatable bonds is 2. The van der Waals surface area contributed by atoms with Crippen molar-refractivity contribution in [1.82, 2.24) is 4.90 Å². The van der Waals surface area contributed by atoms with Crippen LogP contribution in [0.3, 0.4) is 0 Å². The van der Waals surface area contributed by atoms with Crippen LogP contribution in [0.1, 0.15) is 56.9 Å². The Morgan fingerprint density at radius 2 is 1.37 bits per heavy atom. The molecule has 1 aliphatic heterocycles. The molecular weight excluding hydrogens is 254 g/mol. The van der Waals surface area contributed by atoms with Gasteiger partial charge in [-0.2, -0.15) is 0 Å². The predicted octanol–water partition coefficient (Wildman–Crippen LogP) is 4.99. The molecule has 104 valence electrons. The van der Waals surface area contributed by atoms with Crippen LogP contribution in [0.4, 0.5) is 0 Å². The van der Waals surface area contributed by atoms with Gasteiger partial charge in [0, 0.05) is 10.6 Å². The minimum absolute atomic E-state index is 0.309. The van der Waals surface area contributed by atoms with Crippen LogP contribution in [0, 0.1) is 0 Å². The van der Waals surface area contributed by atoms with E-state index in [1.54, 1.807) is 0 Å². The van der Waals surface area contributed by atoms with Gasteiger partial charge in [-0.1, -0.05) is 49.4 Å². The van der Waals surface area contributed by atoms with Crippen LogP contribution in [0.5, 0.6) is 0 Å². The fourth-order valence-electron chi connectivity index (χ4n) is 4.01. The quantitative estimate of drug-likeness (QED) is 0.736. The van der Waals surface area contributed by atoms with Gasteiger partial charge in [-0.25, -0.2) is 0 Å². The molecule has 1 nitrogen and oxygen atoms in total. The Balaban J connectivity index is 1.93. The first kappa shape index (κ1) is 13.5. The molecule has 3 rings (SSSR count). The van der Waals surface area contributed by atoms with Gasteiger partial charge in [0.05, 0.1) is 0 Å². The van der Waals surface area contributed by atoms with Crippen molar-refractivity contribution in [2.24, 2.45) is 0 Å². The van der Waals surface area contributed by atoms with Gasteiger partial charge in [0.15, 0.2) is 0 Å². The Morgan fingerprint density at radius 3 is 2.00 bits per heavy atom. The highest BCUT2D eigenvalue weighted by molar-refractivity contribution is 6.30. The first-order valence-corrected chi connectivity index (χ1v) is 8.20. The van der Waals surface area contributed by atoms with Crippen molar-refractivity contribution in [2.75, 3.05) is 13.1 Å². The van der Waals surface area contributed by atoms with E-state index in [4.69, 9.17) is 11.6 Å². The molecule has 0 atom stereocenters. The third-order valence-electron chi connectivity index (χ3n) is 5.02. The van der Waals surface area contributed by atoms with Gasteiger partial charge in [-0.15, -0.1) is 0 Å². The summed E-state index contributed by atoms with van der Waals surface area (Å²) in [4.78, 5) is 2.78. The molecule has 1 aliphatic carbocycles. The molecule has 0 aromatic heterocycles. The van der Waals surface area contributed by atoms with Crippen molar-refractivity contribution < 1.29 is 0 Å². The SMILES string of the molecule is Clc1ccc(C2(N3CCCCC3)CCCCC2)cc1. The van der Waals surface area contributed by atoms with Crippen LogP contribution in [0.2, 0.25) is 5.02 Å². The molecule has 0 unspecified atom stereocenters. The topological polar surface area (TPSA) is 3.24 Å². The van der Waals surface area contributed by atoms with E-state index in [1.807, 2.05) is 0 Å². The van der Waals surface area contributed by atoms with Crippen molar-refractivity contribution in [3.63, 3.8) is 0 Å². The Kier molecular flexibility index (Phi) is 4.14. The second kappa shape index (κ2) is 5.85. The lowest BCUT2D eigenvalue weighted by Gasteiger charge is -2.48. The van der Waals surface area contributed by atoms with E-state index in [9.17, 15) is 0 Å². The summed E-state index contributed by atoms with van der Waals surface area (Å²) in [6.07, 6.45) is 11.0. The van der Waals surface area contributed by atoms with Crippen molar-refractivity contribution in [2.45, 2.75) is 56.9 Å². The molecule has 0 radical (unpaired) electrons. The molecule has 2 aliphatic rings. The summed E-state index contributed by atoms with van der Waals surface area (Å²) < 4.78 is 0. The number of benzene rings is 1. The Hall–Kier alpha value is -0.530. The largest absolute Gasteiger partial charge is 0.294 e. The smallest absolute Gasteiger partial charge is 0.0460 e. The minimum Gasteiger partial charge on any atom is -0.294 e. The van der Waals surface area contributed by atoms with Gasteiger partial charge >= 0.3 is 0 Å². The standard InChI is InChI=1S/C17H24ClN/c18-16-9-7-15(8-10-16)17(11-3-1-4-12-17)19-13-5-2-6-14-19/h7-10H,1-6,11-14H2. The van der Waals surface area contributed by atoms with Crippen molar-refractivity contribution in [3.05, 3.63) is 34.9 Å². The number of halogens is 1. The third-order valence-corrected chi connectivity index (χ3v) is 5.28. The zero-order chi connectivity index (χ0) is 13.1. The molecule has 1 saturated carbocycles. The monoisotopic (exact) mass is 277 g/mol. The number of likely N-dealkylation sites (tertiary alicyclic amines) is 1. The van der Waals surface area contributed by atoms with E-state index in [1.165, 1.54) is 70.0 Å². The predicted molar refractivity (Wildman–Crippen MR) is 81.6 cm³/mol. The van der Waals surface area contributed by atoms with Gasteiger partial charge in [-0.3, -0.25) is 4.90 Å². The molecule has 1 heterocycles. The normalized spacial score (nSPS) is 24.3. The number of hydrogen-bond acceptors (Lipinski definition) is 1. The van der Waals surface area contributed by atoms with E-state index in [-0.39, 0.29) is 0 Å². The Labute approximate surface area is 121 Å². The fraction of sp³-hybridized carbons (Fsp3) is 0.647. The maximum atomic E-state index is 6.07. The number of nitrogens with zero attached hydrogens (tertiary/aromatic N) is 1. The first-order chi connectivity index (χ1) is 9.31. The molecule has 0 bridgehead atoms. The van der Waals surface area contributed by atoms with Gasteiger partial charge in [0.1, 0.15) is 0 Å². The lowest BCUT2D eigenvalue weighted by molar-refractivity contribution is 0.0303. The van der Waals surface area contributed by atoms with Crippen molar-refractivity contribution in [1.29, 1.82) is 0 Å². The van der Waals surface area contributed by atoms with Crippen molar-refractivity contribution in [3.8, 4) is 0 Å². The van der Waals surface area contributed by atoms with E-state index in [2.05, 4.69) is 29.2 Å². The Bertz CT molecular complexity index is 400. The molecule has 0 spiro atoms. The third kappa shape index (κ3) is 2.68. The van der Waals surface area contributed by atoms with E-state index >= 15 is 0 Å². The molecule has 1 aromatic rings. The first-order valence-electron chi connectivity index (χ1n) is 7.82. The van der Waals surface area contributed by atoms with Crippen LogP contribution < -0.4 is 0 Å². The fourth-order valence-corrected chi connectivity index (χ4v) is 4.13. The van der Waals surface area contributed by atoms with Gasteiger partial charge in [-0.05, 0) is 56.5 Å². The second-order valence-electron chi connectivity index (χ2n) is 6.15. The van der Waals surface area contributed by atoms with Gasteiger partial charge in [0.2, 0.25) is 0 Å². The van der Waals surface area contributed by atoms with Gasteiger partial charge in [0.25, 0.3) is 0 Å². The molecule has 0 N–H and O–H groups in total. The highest BCUT2D eigenvalue weighted by Crippen LogP contribution is 2.43. The lowest BCUT2D eigenvalue weighted by Crippen LogP contribution is -2.49. The average Bonchev–Trinajstić information content (AvgIpc) is 2.49. The summed E-state index contributed by atoms with van der Waals surface area (Å²) in [5, 5.41) is 0.855. The Morgan fingerprint density at radius 1 is 0.789 bits per heavy atom. The zero-order valence-corrected chi connectivity index (χ0v) is 12.5. The number of piperidine rings is 1. The zero-order valence-electron chi connectivity index (χ0n) is 11.7. The summed E-state index contributed by atoms with van der Waals surface area (Å²) in [6, 6.07) is 8.67. The molecule has 2 heteroatoms. The van der Waals surface area contributed by atoms with E-state index in [0.29, 0.717) is 5.54 Å². The molecule has 19 heavy (non-hydrogen) atoms. The molecule has 0 amide bonds. The van der Waals surface area contributed by atoms with E-state index < -0.39 is 0 Å². The average molecular weight is 278 g/mol.